The van der Waals surface area contributed by atoms with E-state index in [9.17, 15) is 19.8 Å². The number of carbonyl (C=O) groups excluding carboxylic acids is 2. The van der Waals surface area contributed by atoms with Crippen molar-refractivity contribution < 1.29 is 19.8 Å². The Morgan fingerprint density at radius 2 is 1.32 bits per heavy atom. The Balaban J connectivity index is 2.39. The van der Waals surface area contributed by atoms with Crippen LogP contribution in [0.1, 0.15) is 37.4 Å². The molecule has 0 radical (unpaired) electrons. The van der Waals surface area contributed by atoms with Crippen LogP contribution in [-0.4, -0.2) is 21.8 Å². The number of fused-ring (bicyclic) bond motifs is 2. The molecule has 19 heavy (non-hydrogen) atoms. The van der Waals surface area contributed by atoms with Crippen LogP contribution in [0.15, 0.2) is 30.3 Å². The Morgan fingerprint density at radius 1 is 0.789 bits per heavy atom. The van der Waals surface area contributed by atoms with Crippen LogP contribution in [0, 0.1) is 6.92 Å². The van der Waals surface area contributed by atoms with Gasteiger partial charge < -0.3 is 10.2 Å². The minimum absolute atomic E-state index is 0.122. The van der Waals surface area contributed by atoms with Crippen molar-refractivity contribution in [2.24, 2.45) is 0 Å². The van der Waals surface area contributed by atoms with E-state index in [1.807, 2.05) is 6.92 Å². The minimum Gasteiger partial charge on any atom is -0.507 e. The van der Waals surface area contributed by atoms with Gasteiger partial charge in [0.15, 0.2) is 11.6 Å². The summed E-state index contributed by atoms with van der Waals surface area (Å²) in [5, 5.41) is 19.5. The smallest absolute Gasteiger partial charge is 0.198 e. The highest BCUT2D eigenvalue weighted by atomic mass is 16.3. The summed E-state index contributed by atoms with van der Waals surface area (Å²) in [5.74, 6) is -1.48. The number of aromatic hydroxyl groups is 2. The van der Waals surface area contributed by atoms with Gasteiger partial charge in [-0.15, -0.1) is 0 Å². The predicted octanol–water partition coefficient (Wildman–Crippen LogP) is 2.18. The summed E-state index contributed by atoms with van der Waals surface area (Å²) in [6.45, 7) is 1.82. The molecular weight excluding hydrogens is 244 g/mol. The zero-order valence-corrected chi connectivity index (χ0v) is 10.1. The first-order valence-corrected chi connectivity index (χ1v) is 5.75. The molecule has 94 valence electrons. The summed E-state index contributed by atoms with van der Waals surface area (Å²) < 4.78 is 0. The molecule has 2 aromatic carbocycles. The third-order valence-corrected chi connectivity index (χ3v) is 3.28. The molecule has 1 aliphatic rings. The first kappa shape index (κ1) is 11.5. The van der Waals surface area contributed by atoms with Gasteiger partial charge in [0.05, 0.1) is 11.1 Å². The Bertz CT molecular complexity index is 744. The van der Waals surface area contributed by atoms with Crippen molar-refractivity contribution >= 4 is 11.6 Å². The van der Waals surface area contributed by atoms with E-state index in [0.29, 0.717) is 0 Å². The number of phenolic OH excluding ortho intramolecular Hbond substituents is 2. The number of hydrogen-bond acceptors (Lipinski definition) is 4. The Hall–Kier alpha value is -2.62. The number of phenols is 2. The van der Waals surface area contributed by atoms with Gasteiger partial charge in [0.1, 0.15) is 11.5 Å². The first-order chi connectivity index (χ1) is 9.00. The van der Waals surface area contributed by atoms with Gasteiger partial charge in [0.2, 0.25) is 0 Å². The SMILES string of the molecule is Cc1ccc2c(c1)C(=O)c1c(O)ccc(O)c1C2=O. The van der Waals surface area contributed by atoms with Crippen molar-refractivity contribution in [1.82, 2.24) is 0 Å². The maximum absolute atomic E-state index is 12.4. The van der Waals surface area contributed by atoms with Gasteiger partial charge in [-0.2, -0.15) is 0 Å². The summed E-state index contributed by atoms with van der Waals surface area (Å²) in [7, 11) is 0. The van der Waals surface area contributed by atoms with Crippen molar-refractivity contribution in [2.75, 3.05) is 0 Å². The topological polar surface area (TPSA) is 74.6 Å². The quantitative estimate of drug-likeness (QED) is 0.603. The maximum atomic E-state index is 12.4. The average Bonchev–Trinajstić information content (AvgIpc) is 2.38. The fourth-order valence-corrected chi connectivity index (χ4v) is 2.35. The fourth-order valence-electron chi connectivity index (χ4n) is 2.35. The van der Waals surface area contributed by atoms with E-state index >= 15 is 0 Å². The van der Waals surface area contributed by atoms with Crippen molar-refractivity contribution in [3.8, 4) is 11.5 Å². The molecular formula is C15H10O4. The van der Waals surface area contributed by atoms with Crippen molar-refractivity contribution in [1.29, 1.82) is 0 Å². The summed E-state index contributed by atoms with van der Waals surface area (Å²) >= 11 is 0. The van der Waals surface area contributed by atoms with Gasteiger partial charge >= 0.3 is 0 Å². The Morgan fingerprint density at radius 3 is 1.89 bits per heavy atom. The highest BCUT2D eigenvalue weighted by Crippen LogP contribution is 2.37. The number of benzene rings is 2. The molecule has 1 aliphatic carbocycles. The molecule has 0 saturated carbocycles. The second kappa shape index (κ2) is 3.68. The molecule has 0 aromatic heterocycles. The Labute approximate surface area is 108 Å². The lowest BCUT2D eigenvalue weighted by atomic mass is 9.82. The highest BCUT2D eigenvalue weighted by Gasteiger charge is 2.34. The van der Waals surface area contributed by atoms with Crippen molar-refractivity contribution in [3.63, 3.8) is 0 Å². The number of ketones is 2. The Kier molecular flexibility index (Phi) is 2.22. The summed E-state index contributed by atoms with van der Waals surface area (Å²) in [6.07, 6.45) is 0. The molecule has 0 amide bonds. The molecule has 4 nitrogen and oxygen atoms in total. The molecule has 4 heteroatoms. The monoisotopic (exact) mass is 254 g/mol. The van der Waals surface area contributed by atoms with Crippen LogP contribution in [0.4, 0.5) is 0 Å². The average molecular weight is 254 g/mol. The van der Waals surface area contributed by atoms with Gasteiger partial charge in [-0.1, -0.05) is 17.7 Å². The molecule has 0 atom stereocenters. The molecule has 0 heterocycles. The maximum Gasteiger partial charge on any atom is 0.198 e. The number of hydrogen-bond donors (Lipinski definition) is 2. The van der Waals surface area contributed by atoms with Gasteiger partial charge in [-0.05, 0) is 25.1 Å². The van der Waals surface area contributed by atoms with Crippen LogP contribution < -0.4 is 0 Å². The van der Waals surface area contributed by atoms with Crippen molar-refractivity contribution in [3.05, 3.63) is 58.1 Å². The summed E-state index contributed by atoms with van der Waals surface area (Å²) in [5.41, 5.74) is 1.12. The van der Waals surface area contributed by atoms with Gasteiger partial charge in [0, 0.05) is 11.1 Å². The molecule has 0 unspecified atom stereocenters. The number of aryl methyl sites for hydroxylation is 1. The zero-order valence-electron chi connectivity index (χ0n) is 10.1. The van der Waals surface area contributed by atoms with Gasteiger partial charge in [-0.3, -0.25) is 9.59 Å². The second-order valence-electron chi connectivity index (χ2n) is 4.56. The van der Waals surface area contributed by atoms with E-state index in [0.717, 1.165) is 5.56 Å². The fraction of sp³-hybridized carbons (Fsp3) is 0.0667. The summed E-state index contributed by atoms with van der Waals surface area (Å²) in [6, 6.07) is 7.33. The molecule has 0 saturated heterocycles. The van der Waals surface area contributed by atoms with Crippen LogP contribution in [0.5, 0.6) is 11.5 Å². The third-order valence-electron chi connectivity index (χ3n) is 3.28. The lowest BCUT2D eigenvalue weighted by molar-refractivity contribution is 0.0974. The molecule has 2 N–H and O–H groups in total. The molecule has 2 aromatic rings. The minimum atomic E-state index is -0.446. The van der Waals surface area contributed by atoms with E-state index in [4.69, 9.17) is 0 Å². The molecule has 0 aliphatic heterocycles. The van der Waals surface area contributed by atoms with Crippen LogP contribution in [0.3, 0.4) is 0 Å². The molecule has 0 spiro atoms. The van der Waals surface area contributed by atoms with E-state index in [-0.39, 0.29) is 33.8 Å². The molecule has 0 fully saturated rings. The van der Waals surface area contributed by atoms with E-state index < -0.39 is 11.6 Å². The lowest BCUT2D eigenvalue weighted by Crippen LogP contribution is -2.21. The normalized spacial score (nSPS) is 13.1. The van der Waals surface area contributed by atoms with Crippen LogP contribution >= 0.6 is 0 Å². The van der Waals surface area contributed by atoms with E-state index in [1.54, 1.807) is 18.2 Å². The number of rotatable bonds is 0. The van der Waals surface area contributed by atoms with Crippen LogP contribution in [0.2, 0.25) is 0 Å². The standard InChI is InChI=1S/C15H10O4/c1-7-2-3-8-9(6-7)15(19)13-11(17)5-4-10(16)12(13)14(8)18/h2-6,16-17H,1H3. The zero-order chi connectivity index (χ0) is 13.7. The molecule has 0 bridgehead atoms. The van der Waals surface area contributed by atoms with E-state index in [2.05, 4.69) is 0 Å². The lowest BCUT2D eigenvalue weighted by Gasteiger charge is -2.19. The number of carbonyl (C=O) groups is 2. The largest absolute Gasteiger partial charge is 0.507 e. The summed E-state index contributed by atoms with van der Waals surface area (Å²) in [4.78, 5) is 24.7. The van der Waals surface area contributed by atoms with Gasteiger partial charge in [-0.25, -0.2) is 0 Å². The van der Waals surface area contributed by atoms with Crippen LogP contribution in [0.25, 0.3) is 0 Å². The van der Waals surface area contributed by atoms with Crippen molar-refractivity contribution in [2.45, 2.75) is 6.92 Å². The first-order valence-electron chi connectivity index (χ1n) is 5.75. The molecule has 3 rings (SSSR count). The van der Waals surface area contributed by atoms with Crippen LogP contribution in [-0.2, 0) is 0 Å². The predicted molar refractivity (Wildman–Crippen MR) is 67.8 cm³/mol. The second-order valence-corrected chi connectivity index (χ2v) is 4.56. The van der Waals surface area contributed by atoms with Gasteiger partial charge in [0.25, 0.3) is 0 Å². The van der Waals surface area contributed by atoms with E-state index in [1.165, 1.54) is 12.1 Å². The third kappa shape index (κ3) is 1.46. The highest BCUT2D eigenvalue weighted by molar-refractivity contribution is 6.30.